The maximum Gasteiger partial charge on any atom is 0.123 e. The van der Waals surface area contributed by atoms with Crippen LogP contribution in [0.3, 0.4) is 0 Å². The molecule has 0 radical (unpaired) electrons. The number of hydrogen-bond donors (Lipinski definition) is 1. The van der Waals surface area contributed by atoms with Crippen molar-refractivity contribution in [1.82, 2.24) is 0 Å². The van der Waals surface area contributed by atoms with Gasteiger partial charge >= 0.3 is 0 Å². The highest BCUT2D eigenvalue weighted by Crippen LogP contribution is 2.66. The van der Waals surface area contributed by atoms with Crippen LogP contribution in [0, 0.1) is 11.8 Å². The molecule has 3 unspecified atom stereocenters. The SMILES string of the molecule is COc1ccc2c3c(cc(O)c2c1)C1(CC2CCC1C2)c1ccccc1-3. The van der Waals surface area contributed by atoms with Gasteiger partial charge < -0.3 is 9.84 Å². The van der Waals surface area contributed by atoms with E-state index in [2.05, 4.69) is 36.4 Å². The maximum absolute atomic E-state index is 10.9. The molecule has 26 heavy (non-hydrogen) atoms. The molecule has 3 aromatic rings. The highest BCUT2D eigenvalue weighted by molar-refractivity contribution is 6.05. The van der Waals surface area contributed by atoms with E-state index in [1.165, 1.54) is 47.9 Å². The topological polar surface area (TPSA) is 29.5 Å². The average Bonchev–Trinajstić information content (AvgIpc) is 3.36. The monoisotopic (exact) mass is 342 g/mol. The van der Waals surface area contributed by atoms with Gasteiger partial charge in [0.2, 0.25) is 0 Å². The van der Waals surface area contributed by atoms with Crippen LogP contribution in [-0.2, 0) is 5.41 Å². The molecule has 0 amide bonds. The van der Waals surface area contributed by atoms with Crippen molar-refractivity contribution in [1.29, 1.82) is 0 Å². The first-order valence-electron chi connectivity index (χ1n) is 9.66. The first kappa shape index (κ1) is 14.7. The Bertz CT molecular complexity index is 1070. The molecule has 3 aromatic carbocycles. The van der Waals surface area contributed by atoms with Gasteiger partial charge in [-0.05, 0) is 83.0 Å². The molecule has 0 aliphatic heterocycles. The molecule has 0 aromatic heterocycles. The average molecular weight is 342 g/mol. The molecule has 2 bridgehead atoms. The molecule has 3 aliphatic carbocycles. The highest BCUT2D eigenvalue weighted by Gasteiger charge is 2.57. The van der Waals surface area contributed by atoms with E-state index in [9.17, 15) is 5.11 Å². The van der Waals surface area contributed by atoms with Crippen LogP contribution in [0.25, 0.3) is 21.9 Å². The molecule has 2 heteroatoms. The predicted octanol–water partition coefficient (Wildman–Crippen LogP) is 5.64. The van der Waals surface area contributed by atoms with Crippen molar-refractivity contribution in [3.05, 3.63) is 59.7 Å². The number of aromatic hydroxyl groups is 1. The number of fused-ring (bicyclic) bond motifs is 10. The summed E-state index contributed by atoms with van der Waals surface area (Å²) in [5.74, 6) is 2.72. The number of hydrogen-bond acceptors (Lipinski definition) is 2. The van der Waals surface area contributed by atoms with E-state index in [0.717, 1.165) is 22.4 Å². The Morgan fingerprint density at radius 3 is 2.65 bits per heavy atom. The molecular formula is C24H22O2. The van der Waals surface area contributed by atoms with Gasteiger partial charge in [0.25, 0.3) is 0 Å². The van der Waals surface area contributed by atoms with Crippen LogP contribution >= 0.6 is 0 Å². The molecular weight excluding hydrogens is 320 g/mol. The summed E-state index contributed by atoms with van der Waals surface area (Å²) in [7, 11) is 1.67. The minimum atomic E-state index is 0.112. The van der Waals surface area contributed by atoms with Crippen LogP contribution in [0.1, 0.15) is 36.8 Å². The van der Waals surface area contributed by atoms with Gasteiger partial charge in [0.05, 0.1) is 7.11 Å². The largest absolute Gasteiger partial charge is 0.507 e. The van der Waals surface area contributed by atoms with Gasteiger partial charge in [-0.2, -0.15) is 0 Å². The van der Waals surface area contributed by atoms with Crippen molar-refractivity contribution < 1.29 is 9.84 Å². The van der Waals surface area contributed by atoms with Crippen LogP contribution in [-0.4, -0.2) is 12.2 Å². The molecule has 130 valence electrons. The van der Waals surface area contributed by atoms with Gasteiger partial charge in [-0.1, -0.05) is 30.7 Å². The summed E-state index contributed by atoms with van der Waals surface area (Å²) in [5, 5.41) is 12.9. The third-order valence-corrected chi connectivity index (χ3v) is 7.33. The first-order valence-corrected chi connectivity index (χ1v) is 9.66. The fourth-order valence-corrected chi connectivity index (χ4v) is 6.38. The molecule has 3 atom stereocenters. The lowest BCUT2D eigenvalue weighted by atomic mass is 9.66. The van der Waals surface area contributed by atoms with E-state index in [0.29, 0.717) is 11.7 Å². The standard InChI is InChI=1S/C24H22O2/c1-26-16-8-9-17-19(11-16)22(25)12-21-23(17)18-4-2-3-5-20(18)24(21)13-14-6-7-15(24)10-14/h2-5,8-9,11-12,14-15,25H,6-7,10,13H2,1H3. The number of ether oxygens (including phenoxy) is 1. The van der Waals surface area contributed by atoms with Crippen molar-refractivity contribution in [2.24, 2.45) is 11.8 Å². The summed E-state index contributed by atoms with van der Waals surface area (Å²) < 4.78 is 5.39. The van der Waals surface area contributed by atoms with E-state index in [1.54, 1.807) is 7.11 Å². The lowest BCUT2D eigenvalue weighted by Crippen LogP contribution is -2.31. The van der Waals surface area contributed by atoms with Gasteiger partial charge in [0.15, 0.2) is 0 Å². The van der Waals surface area contributed by atoms with Gasteiger partial charge in [0.1, 0.15) is 11.5 Å². The van der Waals surface area contributed by atoms with Crippen molar-refractivity contribution in [2.75, 3.05) is 7.11 Å². The summed E-state index contributed by atoms with van der Waals surface area (Å²) in [6.07, 6.45) is 5.28. The first-order chi connectivity index (χ1) is 12.7. The third kappa shape index (κ3) is 1.59. The second-order valence-electron chi connectivity index (χ2n) is 8.33. The van der Waals surface area contributed by atoms with E-state index in [4.69, 9.17) is 4.74 Å². The van der Waals surface area contributed by atoms with Crippen molar-refractivity contribution in [3.8, 4) is 22.6 Å². The predicted molar refractivity (Wildman–Crippen MR) is 104 cm³/mol. The Hall–Kier alpha value is -2.48. The van der Waals surface area contributed by atoms with E-state index in [1.807, 2.05) is 12.1 Å². The molecule has 3 aliphatic rings. The number of phenols is 1. The number of phenolic OH excluding ortho intramolecular Hbond substituents is 1. The zero-order chi connectivity index (χ0) is 17.5. The minimum absolute atomic E-state index is 0.112. The smallest absolute Gasteiger partial charge is 0.123 e. The van der Waals surface area contributed by atoms with Gasteiger partial charge in [-0.3, -0.25) is 0 Å². The van der Waals surface area contributed by atoms with Crippen LogP contribution in [0.15, 0.2) is 48.5 Å². The van der Waals surface area contributed by atoms with Crippen molar-refractivity contribution >= 4 is 10.8 Å². The Kier molecular flexibility index (Phi) is 2.72. The fourth-order valence-electron chi connectivity index (χ4n) is 6.38. The third-order valence-electron chi connectivity index (χ3n) is 7.33. The van der Waals surface area contributed by atoms with Gasteiger partial charge in [0, 0.05) is 10.8 Å². The zero-order valence-electron chi connectivity index (χ0n) is 15.0. The Balaban J connectivity index is 1.74. The lowest BCUT2D eigenvalue weighted by Gasteiger charge is -2.36. The minimum Gasteiger partial charge on any atom is -0.507 e. The van der Waals surface area contributed by atoms with E-state index in [-0.39, 0.29) is 5.41 Å². The Morgan fingerprint density at radius 2 is 1.88 bits per heavy atom. The molecule has 1 spiro atoms. The molecule has 0 saturated heterocycles. The second kappa shape index (κ2) is 4.82. The van der Waals surface area contributed by atoms with E-state index >= 15 is 0 Å². The van der Waals surface area contributed by atoms with Gasteiger partial charge in [-0.25, -0.2) is 0 Å². The molecule has 2 fully saturated rings. The van der Waals surface area contributed by atoms with Crippen LogP contribution in [0.4, 0.5) is 0 Å². The summed E-state index contributed by atoms with van der Waals surface area (Å²) >= 11 is 0. The Labute approximate surface area is 153 Å². The number of methoxy groups -OCH3 is 1. The molecule has 6 rings (SSSR count). The zero-order valence-corrected chi connectivity index (χ0v) is 15.0. The molecule has 1 N–H and O–H groups in total. The fraction of sp³-hybridized carbons (Fsp3) is 0.333. The summed E-state index contributed by atoms with van der Waals surface area (Å²) in [4.78, 5) is 0. The lowest BCUT2D eigenvalue weighted by molar-refractivity contribution is 0.326. The van der Waals surface area contributed by atoms with Crippen molar-refractivity contribution in [3.63, 3.8) is 0 Å². The normalized spacial score (nSPS) is 27.9. The van der Waals surface area contributed by atoms with Crippen LogP contribution in [0.5, 0.6) is 11.5 Å². The summed E-state index contributed by atoms with van der Waals surface area (Å²) in [6.45, 7) is 0. The van der Waals surface area contributed by atoms with E-state index < -0.39 is 0 Å². The van der Waals surface area contributed by atoms with Crippen LogP contribution < -0.4 is 4.74 Å². The van der Waals surface area contributed by atoms with Crippen LogP contribution in [0.2, 0.25) is 0 Å². The second-order valence-corrected chi connectivity index (χ2v) is 8.33. The Morgan fingerprint density at radius 1 is 1.00 bits per heavy atom. The maximum atomic E-state index is 10.9. The quantitative estimate of drug-likeness (QED) is 0.620. The molecule has 2 nitrogen and oxygen atoms in total. The summed E-state index contributed by atoms with van der Waals surface area (Å²) in [5.41, 5.74) is 5.67. The van der Waals surface area contributed by atoms with Gasteiger partial charge in [-0.15, -0.1) is 0 Å². The molecule has 0 heterocycles. The van der Waals surface area contributed by atoms with Crippen molar-refractivity contribution in [2.45, 2.75) is 31.1 Å². The number of benzene rings is 3. The summed E-state index contributed by atoms with van der Waals surface area (Å²) in [6, 6.07) is 17.1. The molecule has 2 saturated carbocycles. The number of rotatable bonds is 1. The highest BCUT2D eigenvalue weighted by atomic mass is 16.5.